The summed E-state index contributed by atoms with van der Waals surface area (Å²) in [5, 5.41) is 9.70. The van der Waals surface area contributed by atoms with Gasteiger partial charge in [0.25, 0.3) is 5.91 Å². The van der Waals surface area contributed by atoms with Gasteiger partial charge in [0.1, 0.15) is 5.75 Å². The van der Waals surface area contributed by atoms with E-state index in [0.29, 0.717) is 17.0 Å². The molecule has 0 atom stereocenters. The van der Waals surface area contributed by atoms with E-state index in [4.69, 9.17) is 10.5 Å². The van der Waals surface area contributed by atoms with Crippen LogP contribution < -0.4 is 10.5 Å². The molecule has 0 spiro atoms. The number of nitrogen functional groups attached to an aromatic ring is 1. The molecular formula is C13H20N2O3. The van der Waals surface area contributed by atoms with Gasteiger partial charge in [0.15, 0.2) is 0 Å². The fourth-order valence-electron chi connectivity index (χ4n) is 1.71. The summed E-state index contributed by atoms with van der Waals surface area (Å²) in [6, 6.07) is 4.92. The number of ether oxygens (including phenoxy) is 1. The number of carbonyl (C=O) groups is 1. The molecule has 0 aliphatic heterocycles. The molecule has 100 valence electrons. The number of amides is 1. The van der Waals surface area contributed by atoms with Gasteiger partial charge in [-0.15, -0.1) is 0 Å². The average Bonchev–Trinajstić information content (AvgIpc) is 2.26. The van der Waals surface area contributed by atoms with Crippen molar-refractivity contribution in [2.24, 2.45) is 0 Å². The van der Waals surface area contributed by atoms with Crippen LogP contribution in [-0.4, -0.2) is 42.2 Å². The predicted octanol–water partition coefficient (Wildman–Crippen LogP) is 1.12. The van der Waals surface area contributed by atoms with Crippen molar-refractivity contribution >= 4 is 11.6 Å². The summed E-state index contributed by atoms with van der Waals surface area (Å²) in [5.74, 6) is 0.331. The number of aliphatic hydroxyl groups is 1. The number of likely N-dealkylation sites (N-methyl/N-ethyl adjacent to an activating group) is 1. The van der Waals surface area contributed by atoms with Gasteiger partial charge in [-0.2, -0.15) is 0 Å². The Balaban J connectivity index is 2.96. The standard InChI is InChI=1S/C13H20N2O3/c1-13(2,17)8-15(3)12(16)10-7-9(18-4)5-6-11(10)14/h5-7,17H,8,14H2,1-4H3. The molecular weight excluding hydrogens is 232 g/mol. The fraction of sp³-hybridized carbons (Fsp3) is 0.462. The second-order valence-electron chi connectivity index (χ2n) is 4.93. The first-order valence-corrected chi connectivity index (χ1v) is 5.66. The lowest BCUT2D eigenvalue weighted by Gasteiger charge is -2.26. The molecule has 0 aliphatic carbocycles. The molecule has 0 saturated heterocycles. The van der Waals surface area contributed by atoms with Crippen LogP contribution in [0.1, 0.15) is 24.2 Å². The van der Waals surface area contributed by atoms with Gasteiger partial charge in [-0.05, 0) is 32.0 Å². The van der Waals surface area contributed by atoms with Gasteiger partial charge >= 0.3 is 0 Å². The molecule has 3 N–H and O–H groups in total. The number of rotatable bonds is 4. The summed E-state index contributed by atoms with van der Waals surface area (Å²) < 4.78 is 5.06. The third-order valence-corrected chi connectivity index (χ3v) is 2.46. The summed E-state index contributed by atoms with van der Waals surface area (Å²) in [4.78, 5) is 13.6. The topological polar surface area (TPSA) is 75.8 Å². The van der Waals surface area contributed by atoms with E-state index < -0.39 is 5.60 Å². The van der Waals surface area contributed by atoms with E-state index in [1.54, 1.807) is 39.1 Å². The molecule has 1 aromatic carbocycles. The highest BCUT2D eigenvalue weighted by molar-refractivity contribution is 5.99. The van der Waals surface area contributed by atoms with Crippen LogP contribution in [0.25, 0.3) is 0 Å². The van der Waals surface area contributed by atoms with Gasteiger partial charge in [-0.1, -0.05) is 0 Å². The van der Waals surface area contributed by atoms with Crippen LogP contribution in [0.4, 0.5) is 5.69 Å². The number of hydrogen-bond acceptors (Lipinski definition) is 4. The van der Waals surface area contributed by atoms with Crippen LogP contribution >= 0.6 is 0 Å². The second kappa shape index (κ2) is 5.27. The Morgan fingerprint density at radius 1 is 1.50 bits per heavy atom. The second-order valence-corrected chi connectivity index (χ2v) is 4.93. The minimum absolute atomic E-state index is 0.225. The number of benzene rings is 1. The van der Waals surface area contributed by atoms with Gasteiger partial charge in [-0.25, -0.2) is 0 Å². The molecule has 0 unspecified atom stereocenters. The first-order valence-electron chi connectivity index (χ1n) is 5.66. The Morgan fingerprint density at radius 2 is 2.11 bits per heavy atom. The van der Waals surface area contributed by atoms with Crippen molar-refractivity contribution in [3.8, 4) is 5.75 Å². The van der Waals surface area contributed by atoms with E-state index in [0.717, 1.165) is 0 Å². The summed E-state index contributed by atoms with van der Waals surface area (Å²) >= 11 is 0. The van der Waals surface area contributed by atoms with Gasteiger partial charge in [0.2, 0.25) is 0 Å². The summed E-state index contributed by atoms with van der Waals surface area (Å²) in [6.45, 7) is 3.51. The van der Waals surface area contributed by atoms with E-state index >= 15 is 0 Å². The maximum absolute atomic E-state index is 12.2. The Labute approximate surface area is 107 Å². The molecule has 1 rings (SSSR count). The van der Waals surface area contributed by atoms with E-state index in [1.807, 2.05) is 0 Å². The molecule has 5 nitrogen and oxygen atoms in total. The third kappa shape index (κ3) is 3.63. The molecule has 1 aromatic rings. The van der Waals surface area contributed by atoms with Crippen LogP contribution in [0.15, 0.2) is 18.2 Å². The molecule has 18 heavy (non-hydrogen) atoms. The van der Waals surface area contributed by atoms with Crippen LogP contribution in [0.5, 0.6) is 5.75 Å². The van der Waals surface area contributed by atoms with Crippen LogP contribution in [0.3, 0.4) is 0 Å². The zero-order chi connectivity index (χ0) is 13.9. The first-order chi connectivity index (χ1) is 8.24. The van der Waals surface area contributed by atoms with Crippen molar-refractivity contribution in [2.75, 3.05) is 26.4 Å². The Kier molecular flexibility index (Phi) is 4.19. The van der Waals surface area contributed by atoms with Crippen LogP contribution in [0.2, 0.25) is 0 Å². The molecule has 0 heterocycles. The van der Waals surface area contributed by atoms with E-state index in [1.165, 1.54) is 12.0 Å². The molecule has 0 aromatic heterocycles. The van der Waals surface area contributed by atoms with Crippen molar-refractivity contribution in [1.82, 2.24) is 4.90 Å². The molecule has 0 aliphatic rings. The number of nitrogens with two attached hydrogens (primary N) is 1. The van der Waals surface area contributed by atoms with Crippen molar-refractivity contribution < 1.29 is 14.6 Å². The zero-order valence-corrected chi connectivity index (χ0v) is 11.2. The number of hydrogen-bond donors (Lipinski definition) is 2. The molecule has 0 bridgehead atoms. The summed E-state index contributed by atoms with van der Waals surface area (Å²) in [7, 11) is 3.15. The maximum atomic E-state index is 12.2. The van der Waals surface area contributed by atoms with E-state index in [-0.39, 0.29) is 12.5 Å². The monoisotopic (exact) mass is 252 g/mol. The first kappa shape index (κ1) is 14.3. The fourth-order valence-corrected chi connectivity index (χ4v) is 1.71. The molecule has 1 amide bonds. The number of carbonyl (C=O) groups excluding carboxylic acids is 1. The zero-order valence-electron chi connectivity index (χ0n) is 11.2. The molecule has 0 saturated carbocycles. The lowest BCUT2D eigenvalue weighted by molar-refractivity contribution is 0.0368. The number of nitrogens with zero attached hydrogens (tertiary/aromatic N) is 1. The van der Waals surface area contributed by atoms with Crippen molar-refractivity contribution in [2.45, 2.75) is 19.4 Å². The van der Waals surface area contributed by atoms with Gasteiger partial charge in [0, 0.05) is 19.3 Å². The highest BCUT2D eigenvalue weighted by atomic mass is 16.5. The molecule has 0 fully saturated rings. The lowest BCUT2D eigenvalue weighted by atomic mass is 10.1. The van der Waals surface area contributed by atoms with Crippen molar-refractivity contribution in [3.05, 3.63) is 23.8 Å². The smallest absolute Gasteiger partial charge is 0.255 e. The van der Waals surface area contributed by atoms with Crippen LogP contribution in [-0.2, 0) is 0 Å². The number of methoxy groups -OCH3 is 1. The van der Waals surface area contributed by atoms with Gasteiger partial charge in [-0.3, -0.25) is 4.79 Å². The van der Waals surface area contributed by atoms with E-state index in [2.05, 4.69) is 0 Å². The van der Waals surface area contributed by atoms with Crippen molar-refractivity contribution in [3.63, 3.8) is 0 Å². The molecule has 5 heteroatoms. The van der Waals surface area contributed by atoms with Crippen LogP contribution in [0, 0.1) is 0 Å². The van der Waals surface area contributed by atoms with E-state index in [9.17, 15) is 9.90 Å². The Bertz CT molecular complexity index is 438. The lowest BCUT2D eigenvalue weighted by Crippen LogP contribution is -2.39. The largest absolute Gasteiger partial charge is 0.497 e. The van der Waals surface area contributed by atoms with Gasteiger partial charge < -0.3 is 20.5 Å². The van der Waals surface area contributed by atoms with Crippen molar-refractivity contribution in [1.29, 1.82) is 0 Å². The number of anilines is 1. The molecule has 0 radical (unpaired) electrons. The summed E-state index contributed by atoms with van der Waals surface area (Å²) in [5.41, 5.74) is 5.60. The average molecular weight is 252 g/mol. The third-order valence-electron chi connectivity index (χ3n) is 2.46. The van der Waals surface area contributed by atoms with Gasteiger partial charge in [0.05, 0.1) is 18.3 Å². The minimum Gasteiger partial charge on any atom is -0.497 e. The normalized spacial score (nSPS) is 11.2. The SMILES string of the molecule is COc1ccc(N)c(C(=O)N(C)CC(C)(C)O)c1. The minimum atomic E-state index is -0.946. The Morgan fingerprint density at radius 3 is 2.61 bits per heavy atom. The highest BCUT2D eigenvalue weighted by Crippen LogP contribution is 2.21. The predicted molar refractivity (Wildman–Crippen MR) is 70.7 cm³/mol. The maximum Gasteiger partial charge on any atom is 0.255 e. The highest BCUT2D eigenvalue weighted by Gasteiger charge is 2.22. The summed E-state index contributed by atoms with van der Waals surface area (Å²) in [6.07, 6.45) is 0. The quantitative estimate of drug-likeness (QED) is 0.787. The Hall–Kier alpha value is -1.75.